The quantitative estimate of drug-likeness (QED) is 0.220. The second-order valence-electron chi connectivity index (χ2n) is 5.88. The molecule has 2 amide bonds. The number of furan rings is 1. The van der Waals surface area contributed by atoms with Crippen LogP contribution in [0.25, 0.3) is 0 Å². The minimum atomic E-state index is -0.223. The molecule has 0 saturated carbocycles. The Morgan fingerprint density at radius 2 is 1.78 bits per heavy atom. The summed E-state index contributed by atoms with van der Waals surface area (Å²) in [7, 11) is 0. The Labute approximate surface area is 156 Å². The molecule has 0 aliphatic rings. The number of hydrogen-bond acceptors (Lipinski definition) is 6. The second-order valence-corrected chi connectivity index (χ2v) is 5.88. The third-order valence-electron chi connectivity index (χ3n) is 3.71. The van der Waals surface area contributed by atoms with Gasteiger partial charge in [0.15, 0.2) is 0 Å². The standard InChI is InChI=1S/C19H23N3O5/c23-13-15-11-10-14(27-15)12-20-22-19(26)9-3-1-2-8-18(25)21-16-6-4-5-7-17(16)24/h4-7,10-12,23-24H,1-3,8-9,13H2,(H,21,25)(H,22,26)/b20-12+. The largest absolute Gasteiger partial charge is 0.506 e. The average molecular weight is 373 g/mol. The summed E-state index contributed by atoms with van der Waals surface area (Å²) in [5.74, 6) is 0.499. The molecule has 8 nitrogen and oxygen atoms in total. The van der Waals surface area contributed by atoms with Crippen molar-refractivity contribution in [1.29, 1.82) is 0 Å². The minimum Gasteiger partial charge on any atom is -0.506 e. The van der Waals surface area contributed by atoms with Crippen LogP contribution in [0.2, 0.25) is 0 Å². The van der Waals surface area contributed by atoms with Crippen molar-refractivity contribution < 1.29 is 24.2 Å². The monoisotopic (exact) mass is 373 g/mol. The first-order chi connectivity index (χ1) is 13.1. The van der Waals surface area contributed by atoms with E-state index in [1.165, 1.54) is 12.3 Å². The molecular weight excluding hydrogens is 350 g/mol. The van der Waals surface area contributed by atoms with Crippen molar-refractivity contribution in [3.8, 4) is 5.75 Å². The van der Waals surface area contributed by atoms with Crippen LogP contribution in [0.3, 0.4) is 0 Å². The number of aromatic hydroxyl groups is 1. The maximum atomic E-state index is 11.8. The van der Waals surface area contributed by atoms with Gasteiger partial charge in [0, 0.05) is 12.8 Å². The van der Waals surface area contributed by atoms with Crippen molar-refractivity contribution in [1.82, 2.24) is 5.43 Å². The van der Waals surface area contributed by atoms with Crippen LogP contribution in [0.1, 0.15) is 43.6 Å². The molecule has 0 aliphatic carbocycles. The van der Waals surface area contributed by atoms with Crippen molar-refractivity contribution in [2.45, 2.75) is 38.7 Å². The van der Waals surface area contributed by atoms with Gasteiger partial charge < -0.3 is 19.9 Å². The zero-order valence-corrected chi connectivity index (χ0v) is 14.9. The molecule has 0 atom stereocenters. The van der Waals surface area contributed by atoms with Gasteiger partial charge in [0.2, 0.25) is 11.8 Å². The number of anilines is 1. The van der Waals surface area contributed by atoms with Crippen molar-refractivity contribution in [3.05, 3.63) is 47.9 Å². The van der Waals surface area contributed by atoms with E-state index in [0.29, 0.717) is 42.9 Å². The third-order valence-corrected chi connectivity index (χ3v) is 3.71. The molecule has 0 radical (unpaired) electrons. The van der Waals surface area contributed by atoms with Crippen LogP contribution in [0.5, 0.6) is 5.75 Å². The lowest BCUT2D eigenvalue weighted by Crippen LogP contribution is -2.17. The summed E-state index contributed by atoms with van der Waals surface area (Å²) < 4.78 is 5.20. The summed E-state index contributed by atoms with van der Waals surface area (Å²) >= 11 is 0. The molecule has 0 spiro atoms. The van der Waals surface area contributed by atoms with Crippen LogP contribution in [0.4, 0.5) is 5.69 Å². The number of phenolic OH excluding ortho intramolecular Hbond substituents is 1. The van der Waals surface area contributed by atoms with Gasteiger partial charge in [-0.1, -0.05) is 18.6 Å². The van der Waals surface area contributed by atoms with E-state index in [4.69, 9.17) is 9.52 Å². The van der Waals surface area contributed by atoms with Gasteiger partial charge in [-0.05, 0) is 37.1 Å². The fraction of sp³-hybridized carbons (Fsp3) is 0.316. The summed E-state index contributed by atoms with van der Waals surface area (Å²) in [5, 5.41) is 24.9. The van der Waals surface area contributed by atoms with Gasteiger partial charge in [0.1, 0.15) is 23.9 Å². The molecular formula is C19H23N3O5. The molecule has 1 heterocycles. The number of nitrogens with zero attached hydrogens (tertiary/aromatic N) is 1. The number of benzene rings is 1. The Kier molecular flexibility index (Phi) is 8.05. The summed E-state index contributed by atoms with van der Waals surface area (Å²) in [5.41, 5.74) is 2.79. The number of rotatable bonds is 10. The van der Waals surface area contributed by atoms with Crippen LogP contribution in [-0.4, -0.2) is 28.2 Å². The number of unbranched alkanes of at least 4 members (excludes halogenated alkanes) is 2. The molecule has 2 rings (SSSR count). The number of nitrogens with one attached hydrogen (secondary N) is 2. The van der Waals surface area contributed by atoms with Crippen molar-refractivity contribution in [2.24, 2.45) is 5.10 Å². The van der Waals surface area contributed by atoms with Gasteiger partial charge in [-0.3, -0.25) is 9.59 Å². The van der Waals surface area contributed by atoms with Crippen LogP contribution in [0, 0.1) is 0 Å². The molecule has 0 unspecified atom stereocenters. The summed E-state index contributed by atoms with van der Waals surface area (Å²) in [6, 6.07) is 9.81. The van der Waals surface area contributed by atoms with Gasteiger partial charge >= 0.3 is 0 Å². The highest BCUT2D eigenvalue weighted by Crippen LogP contribution is 2.21. The van der Waals surface area contributed by atoms with Crippen molar-refractivity contribution >= 4 is 23.7 Å². The Hall–Kier alpha value is -3.13. The Balaban J connectivity index is 1.56. The maximum absolute atomic E-state index is 11.8. The maximum Gasteiger partial charge on any atom is 0.240 e. The van der Waals surface area contributed by atoms with E-state index in [0.717, 1.165) is 6.42 Å². The topological polar surface area (TPSA) is 124 Å². The molecule has 27 heavy (non-hydrogen) atoms. The first-order valence-corrected chi connectivity index (χ1v) is 8.68. The third kappa shape index (κ3) is 7.33. The van der Waals surface area contributed by atoms with Crippen LogP contribution in [-0.2, 0) is 16.2 Å². The van der Waals surface area contributed by atoms with E-state index < -0.39 is 0 Å². The van der Waals surface area contributed by atoms with Gasteiger partial charge in [0.25, 0.3) is 0 Å². The lowest BCUT2D eigenvalue weighted by atomic mass is 10.1. The fourth-order valence-electron chi connectivity index (χ4n) is 2.31. The number of phenols is 1. The SMILES string of the molecule is O=C(CCCCCC(=O)Nc1ccccc1O)N/N=C/c1ccc(CO)o1. The van der Waals surface area contributed by atoms with E-state index in [-0.39, 0.29) is 24.2 Å². The zero-order chi connectivity index (χ0) is 19.5. The van der Waals surface area contributed by atoms with Crippen LogP contribution < -0.4 is 10.7 Å². The van der Waals surface area contributed by atoms with E-state index in [9.17, 15) is 14.7 Å². The first-order valence-electron chi connectivity index (χ1n) is 8.68. The van der Waals surface area contributed by atoms with E-state index in [1.54, 1.807) is 30.3 Å². The summed E-state index contributed by atoms with van der Waals surface area (Å²) in [4.78, 5) is 23.5. The highest BCUT2D eigenvalue weighted by molar-refractivity contribution is 5.92. The van der Waals surface area contributed by atoms with E-state index >= 15 is 0 Å². The van der Waals surface area contributed by atoms with Gasteiger partial charge in [0.05, 0.1) is 11.9 Å². The van der Waals surface area contributed by atoms with Crippen molar-refractivity contribution in [3.63, 3.8) is 0 Å². The summed E-state index contributed by atoms with van der Waals surface area (Å²) in [6.45, 7) is -0.190. The van der Waals surface area contributed by atoms with E-state index in [1.807, 2.05) is 0 Å². The molecule has 144 valence electrons. The highest BCUT2D eigenvalue weighted by Gasteiger charge is 2.06. The average Bonchev–Trinajstić information content (AvgIpc) is 3.11. The number of carbonyl (C=O) groups excluding carboxylic acids is 2. The number of aliphatic hydroxyl groups excluding tert-OH is 1. The fourth-order valence-corrected chi connectivity index (χ4v) is 2.31. The number of hydrazone groups is 1. The Morgan fingerprint density at radius 3 is 2.48 bits per heavy atom. The molecule has 8 heteroatoms. The van der Waals surface area contributed by atoms with Gasteiger partial charge in [-0.15, -0.1) is 0 Å². The molecule has 0 aliphatic heterocycles. The Bertz CT molecular complexity index is 785. The van der Waals surface area contributed by atoms with Crippen molar-refractivity contribution in [2.75, 3.05) is 5.32 Å². The second kappa shape index (κ2) is 10.8. The molecule has 2 aromatic rings. The number of carbonyl (C=O) groups is 2. The lowest BCUT2D eigenvalue weighted by molar-refractivity contribution is -0.121. The predicted molar refractivity (Wildman–Crippen MR) is 100 cm³/mol. The van der Waals surface area contributed by atoms with Crippen LogP contribution in [0.15, 0.2) is 45.9 Å². The molecule has 1 aromatic carbocycles. The molecule has 1 aromatic heterocycles. The Morgan fingerprint density at radius 1 is 1.04 bits per heavy atom. The summed E-state index contributed by atoms with van der Waals surface area (Å²) in [6.07, 6.45) is 4.00. The predicted octanol–water partition coefficient (Wildman–Crippen LogP) is 2.52. The number of hydrogen-bond donors (Lipinski definition) is 4. The van der Waals surface area contributed by atoms with Gasteiger partial charge in [-0.2, -0.15) is 5.10 Å². The normalized spacial score (nSPS) is 10.9. The zero-order valence-electron chi connectivity index (χ0n) is 14.9. The highest BCUT2D eigenvalue weighted by atomic mass is 16.4. The van der Waals surface area contributed by atoms with Crippen LogP contribution >= 0.6 is 0 Å². The lowest BCUT2D eigenvalue weighted by Gasteiger charge is -2.06. The minimum absolute atomic E-state index is 0.0326. The molecule has 0 fully saturated rings. The number of aliphatic hydroxyl groups is 1. The smallest absolute Gasteiger partial charge is 0.240 e. The molecule has 4 N–H and O–H groups in total. The van der Waals surface area contributed by atoms with Gasteiger partial charge in [-0.25, -0.2) is 5.43 Å². The van der Waals surface area contributed by atoms with E-state index in [2.05, 4.69) is 15.8 Å². The number of amides is 2. The first kappa shape index (κ1) is 20.2. The number of para-hydroxylation sites is 2. The molecule has 0 bridgehead atoms. The molecule has 0 saturated heterocycles.